The van der Waals surface area contributed by atoms with Crippen LogP contribution in [-0.2, 0) is 22.4 Å². The average molecular weight is 744 g/mol. The molecule has 7 rings (SSSR count). The van der Waals surface area contributed by atoms with Crippen molar-refractivity contribution in [2.24, 2.45) is 0 Å². The van der Waals surface area contributed by atoms with Crippen LogP contribution in [-0.4, -0.2) is 67.8 Å². The topological polar surface area (TPSA) is 123 Å². The molecule has 11 nitrogen and oxygen atoms in total. The number of fused-ring (bicyclic) bond motifs is 2. The molecule has 2 aromatic heterocycles. The van der Waals surface area contributed by atoms with Gasteiger partial charge in [0.1, 0.15) is 23.3 Å². The van der Waals surface area contributed by atoms with Crippen LogP contribution in [0.25, 0.3) is 28.8 Å². The van der Waals surface area contributed by atoms with Gasteiger partial charge in [-0.25, -0.2) is 23.7 Å². The van der Waals surface area contributed by atoms with Crippen LogP contribution in [0, 0.1) is 0 Å². The Labute approximate surface area is 319 Å². The Kier molecular flexibility index (Phi) is 10.4. The number of benzene rings is 3. The standard InChI is InChI=1S/C43H46FN7O4/c1-26(2)36-24-46-51-37(17-14-28-10-7-8-13-34(28)38-35-16-15-31(47-41(52)27(3)44)22-29(35)18-20-45-38)48-39(49-40(36)51)30-11-9-12-32(23-30)54-33-19-21-50(25-33)42(53)55-43(4,5)6/h7-13,15-16,18,22-24,26,33,45H,3,14,17,19-21,25H2,1-2,4-6H3,(H,47,52). The molecule has 1 saturated heterocycles. The molecule has 2 aliphatic rings. The number of aromatic nitrogens is 4. The summed E-state index contributed by atoms with van der Waals surface area (Å²) in [5, 5.41) is 12.8. The number of carbonyl (C=O) groups excluding carboxylic acids is 2. The lowest BCUT2D eigenvalue weighted by Gasteiger charge is -2.24. The maximum absolute atomic E-state index is 13.4. The van der Waals surface area contributed by atoms with E-state index in [0.29, 0.717) is 56.2 Å². The van der Waals surface area contributed by atoms with Gasteiger partial charge in [0, 0.05) is 59.2 Å². The van der Waals surface area contributed by atoms with Crippen LogP contribution in [0.15, 0.2) is 85.3 Å². The van der Waals surface area contributed by atoms with E-state index >= 15 is 0 Å². The number of anilines is 1. The monoisotopic (exact) mass is 743 g/mol. The number of nitrogens with one attached hydrogen (secondary N) is 2. The molecule has 2 aliphatic heterocycles. The Balaban J connectivity index is 1.16. The molecule has 1 unspecified atom stereocenters. The quantitative estimate of drug-likeness (QED) is 0.166. The molecule has 0 bridgehead atoms. The van der Waals surface area contributed by atoms with Gasteiger partial charge in [0.25, 0.3) is 5.91 Å². The van der Waals surface area contributed by atoms with Gasteiger partial charge < -0.3 is 25.0 Å². The lowest BCUT2D eigenvalue weighted by atomic mass is 9.97. The number of rotatable bonds is 10. The third-order valence-corrected chi connectivity index (χ3v) is 9.61. The summed E-state index contributed by atoms with van der Waals surface area (Å²) >= 11 is 0. The molecular formula is C43H46FN7O4. The molecule has 2 amide bonds. The van der Waals surface area contributed by atoms with E-state index in [1.165, 1.54) is 0 Å². The van der Waals surface area contributed by atoms with Crippen LogP contribution in [0.4, 0.5) is 14.9 Å². The second-order valence-corrected chi connectivity index (χ2v) is 15.2. The summed E-state index contributed by atoms with van der Waals surface area (Å²) in [7, 11) is 0. The van der Waals surface area contributed by atoms with E-state index < -0.39 is 17.3 Å². The van der Waals surface area contributed by atoms with Gasteiger partial charge in [-0.2, -0.15) is 5.10 Å². The fraction of sp³-hybridized carbons (Fsp3) is 0.326. The summed E-state index contributed by atoms with van der Waals surface area (Å²) in [6.45, 7) is 14.6. The highest BCUT2D eigenvalue weighted by Gasteiger charge is 2.31. The van der Waals surface area contributed by atoms with Crippen LogP contribution in [0.5, 0.6) is 5.75 Å². The maximum atomic E-state index is 13.4. The van der Waals surface area contributed by atoms with Crippen LogP contribution < -0.4 is 25.8 Å². The SMILES string of the molecule is C=C(F)C(=O)Nc1ccc2c(c1)=CCNC=2c1ccccc1CCc1nc(-c2cccc(OC3CCN(C(=O)OC(C)(C)C)C3)c2)nc2c(C(C)C)cnn12. The van der Waals surface area contributed by atoms with Gasteiger partial charge in [0.05, 0.1) is 12.7 Å². The van der Waals surface area contributed by atoms with Gasteiger partial charge in [-0.3, -0.25) is 4.79 Å². The van der Waals surface area contributed by atoms with Crippen molar-refractivity contribution in [3.63, 3.8) is 0 Å². The number of likely N-dealkylation sites (tertiary alicyclic amines) is 1. The Bertz CT molecular complexity index is 2420. The number of hydrogen-bond acceptors (Lipinski definition) is 8. The predicted molar refractivity (Wildman–Crippen MR) is 211 cm³/mol. The highest BCUT2D eigenvalue weighted by atomic mass is 19.1. The lowest BCUT2D eigenvalue weighted by Crippen LogP contribution is -2.38. The largest absolute Gasteiger partial charge is 0.488 e. The van der Waals surface area contributed by atoms with Crippen molar-refractivity contribution in [2.45, 2.75) is 71.5 Å². The van der Waals surface area contributed by atoms with Gasteiger partial charge in [-0.1, -0.05) is 69.0 Å². The first-order chi connectivity index (χ1) is 26.3. The Morgan fingerprint density at radius 3 is 2.65 bits per heavy atom. The first kappa shape index (κ1) is 37.3. The maximum Gasteiger partial charge on any atom is 0.410 e. The second-order valence-electron chi connectivity index (χ2n) is 15.2. The minimum absolute atomic E-state index is 0.157. The highest BCUT2D eigenvalue weighted by molar-refractivity contribution is 6.01. The highest BCUT2D eigenvalue weighted by Crippen LogP contribution is 2.28. The number of nitrogens with zero attached hydrogens (tertiary/aromatic N) is 5. The smallest absolute Gasteiger partial charge is 0.410 e. The zero-order valence-corrected chi connectivity index (χ0v) is 31.9. The number of ether oxygens (including phenoxy) is 2. The zero-order chi connectivity index (χ0) is 38.9. The first-order valence-electron chi connectivity index (χ1n) is 18.6. The second kappa shape index (κ2) is 15.4. The van der Waals surface area contributed by atoms with Crippen molar-refractivity contribution in [1.82, 2.24) is 29.8 Å². The molecule has 0 spiro atoms. The van der Waals surface area contributed by atoms with E-state index in [0.717, 1.165) is 49.9 Å². The van der Waals surface area contributed by atoms with Crippen LogP contribution in [0.1, 0.15) is 69.5 Å². The van der Waals surface area contributed by atoms with Gasteiger partial charge in [-0.05, 0) is 68.2 Å². The van der Waals surface area contributed by atoms with Gasteiger partial charge in [0.2, 0.25) is 0 Å². The third-order valence-electron chi connectivity index (χ3n) is 9.61. The van der Waals surface area contributed by atoms with E-state index in [4.69, 9.17) is 24.5 Å². The van der Waals surface area contributed by atoms with Crippen LogP contribution in [0.3, 0.4) is 0 Å². The summed E-state index contributed by atoms with van der Waals surface area (Å²) in [6, 6.07) is 21.6. The molecule has 3 aromatic carbocycles. The minimum atomic E-state index is -1.04. The molecule has 1 atom stereocenters. The lowest BCUT2D eigenvalue weighted by molar-refractivity contribution is -0.114. The van der Waals surface area contributed by atoms with E-state index in [1.807, 2.05) is 86.1 Å². The number of halogens is 1. The Hall–Kier alpha value is -6.04. The van der Waals surface area contributed by atoms with E-state index in [-0.39, 0.29) is 18.1 Å². The average Bonchev–Trinajstić information content (AvgIpc) is 3.81. The molecule has 55 heavy (non-hydrogen) atoms. The van der Waals surface area contributed by atoms with Crippen molar-refractivity contribution >= 4 is 35.1 Å². The van der Waals surface area contributed by atoms with E-state index in [9.17, 15) is 14.0 Å². The van der Waals surface area contributed by atoms with Gasteiger partial charge >= 0.3 is 6.09 Å². The molecule has 0 saturated carbocycles. The van der Waals surface area contributed by atoms with Crippen molar-refractivity contribution in [1.29, 1.82) is 0 Å². The third kappa shape index (κ3) is 8.38. The Morgan fingerprint density at radius 1 is 1.05 bits per heavy atom. The van der Waals surface area contributed by atoms with E-state index in [1.54, 1.807) is 11.0 Å². The van der Waals surface area contributed by atoms with Crippen molar-refractivity contribution < 1.29 is 23.5 Å². The summed E-state index contributed by atoms with van der Waals surface area (Å²) in [4.78, 5) is 36.4. The van der Waals surface area contributed by atoms with Crippen molar-refractivity contribution in [3.8, 4) is 17.1 Å². The fourth-order valence-corrected chi connectivity index (χ4v) is 6.93. The van der Waals surface area contributed by atoms with Crippen molar-refractivity contribution in [2.75, 3.05) is 25.0 Å². The number of aryl methyl sites for hydroxylation is 2. The molecule has 5 aromatic rings. The predicted octanol–water partition coefficient (Wildman–Crippen LogP) is 6.05. The summed E-state index contributed by atoms with van der Waals surface area (Å²) < 4.78 is 27.2. The van der Waals surface area contributed by atoms with Gasteiger partial charge in [-0.15, -0.1) is 0 Å². The molecule has 4 heterocycles. The van der Waals surface area contributed by atoms with Crippen LogP contribution in [0.2, 0.25) is 0 Å². The molecule has 1 fully saturated rings. The normalized spacial score (nSPS) is 15.4. The summed E-state index contributed by atoms with van der Waals surface area (Å²) in [5.41, 5.74) is 5.72. The molecule has 12 heteroatoms. The molecule has 0 aliphatic carbocycles. The number of carbonyl (C=O) groups is 2. The molecule has 0 radical (unpaired) electrons. The van der Waals surface area contributed by atoms with Gasteiger partial charge in [0.15, 0.2) is 17.3 Å². The van der Waals surface area contributed by atoms with Crippen molar-refractivity contribution in [3.05, 3.63) is 118 Å². The minimum Gasteiger partial charge on any atom is -0.488 e. The summed E-state index contributed by atoms with van der Waals surface area (Å²) in [5.74, 6) is 0.349. The molecule has 284 valence electrons. The van der Waals surface area contributed by atoms with E-state index in [2.05, 4.69) is 43.2 Å². The molecular weight excluding hydrogens is 698 g/mol. The fourth-order valence-electron chi connectivity index (χ4n) is 6.93. The first-order valence-corrected chi connectivity index (χ1v) is 18.6. The summed E-state index contributed by atoms with van der Waals surface area (Å²) in [6.07, 6.45) is 5.40. The van der Waals surface area contributed by atoms with Crippen LogP contribution >= 0.6 is 0 Å². The molecule has 2 N–H and O–H groups in total. The Morgan fingerprint density at radius 2 is 1.87 bits per heavy atom. The number of hydrogen-bond donors (Lipinski definition) is 2. The zero-order valence-electron chi connectivity index (χ0n) is 31.9. The number of amides is 2.